The second-order valence-corrected chi connectivity index (χ2v) is 7.50. The van der Waals surface area contributed by atoms with E-state index in [1.165, 1.54) is 38.5 Å². The SMILES string of the molecule is COCC1(C(=O)N2CCC3(CCCCC3)C2)CCNCC1.Cl. The smallest absolute Gasteiger partial charge is 0.231 e. The minimum absolute atomic E-state index is 0. The van der Waals surface area contributed by atoms with Crippen molar-refractivity contribution in [3.63, 3.8) is 0 Å². The van der Waals surface area contributed by atoms with Crippen LogP contribution in [0.3, 0.4) is 0 Å². The van der Waals surface area contributed by atoms with Crippen LogP contribution in [0, 0.1) is 10.8 Å². The summed E-state index contributed by atoms with van der Waals surface area (Å²) in [6, 6.07) is 0. The molecule has 3 fully saturated rings. The van der Waals surface area contributed by atoms with Crippen LogP contribution in [0.1, 0.15) is 51.4 Å². The molecule has 22 heavy (non-hydrogen) atoms. The lowest BCUT2D eigenvalue weighted by atomic mass is 9.73. The van der Waals surface area contributed by atoms with E-state index in [2.05, 4.69) is 10.2 Å². The molecule has 1 amide bonds. The van der Waals surface area contributed by atoms with E-state index < -0.39 is 0 Å². The van der Waals surface area contributed by atoms with E-state index in [9.17, 15) is 4.79 Å². The number of hydrogen-bond acceptors (Lipinski definition) is 3. The van der Waals surface area contributed by atoms with Gasteiger partial charge in [-0.1, -0.05) is 19.3 Å². The largest absolute Gasteiger partial charge is 0.384 e. The van der Waals surface area contributed by atoms with Gasteiger partial charge in [0, 0.05) is 20.2 Å². The molecule has 3 aliphatic rings. The maximum atomic E-state index is 13.2. The number of carbonyl (C=O) groups excluding carboxylic acids is 1. The van der Waals surface area contributed by atoms with E-state index in [0.29, 0.717) is 17.9 Å². The fourth-order valence-corrected chi connectivity index (χ4v) is 4.76. The van der Waals surface area contributed by atoms with Crippen molar-refractivity contribution in [2.45, 2.75) is 51.4 Å². The molecule has 0 aromatic carbocycles. The summed E-state index contributed by atoms with van der Waals surface area (Å²) in [7, 11) is 1.73. The highest BCUT2D eigenvalue weighted by atomic mass is 35.5. The topological polar surface area (TPSA) is 41.6 Å². The third-order valence-corrected chi connectivity index (χ3v) is 6.07. The van der Waals surface area contributed by atoms with E-state index in [0.717, 1.165) is 39.0 Å². The highest BCUT2D eigenvalue weighted by Gasteiger charge is 2.47. The van der Waals surface area contributed by atoms with Crippen molar-refractivity contribution in [1.29, 1.82) is 0 Å². The lowest BCUT2D eigenvalue weighted by molar-refractivity contribution is -0.147. The second kappa shape index (κ2) is 7.50. The fraction of sp³-hybridized carbons (Fsp3) is 0.941. The zero-order valence-corrected chi connectivity index (χ0v) is 14.7. The number of methoxy groups -OCH3 is 1. The maximum absolute atomic E-state index is 13.2. The number of nitrogens with zero attached hydrogens (tertiary/aromatic N) is 1. The van der Waals surface area contributed by atoms with Crippen molar-refractivity contribution < 1.29 is 9.53 Å². The highest BCUT2D eigenvalue weighted by molar-refractivity contribution is 5.85. The van der Waals surface area contributed by atoms with Crippen LogP contribution >= 0.6 is 12.4 Å². The molecule has 1 spiro atoms. The molecule has 0 aromatic heterocycles. The van der Waals surface area contributed by atoms with Crippen molar-refractivity contribution >= 4 is 18.3 Å². The number of nitrogens with one attached hydrogen (secondary N) is 1. The molecule has 0 aromatic rings. The molecule has 5 heteroatoms. The Morgan fingerprint density at radius 3 is 2.41 bits per heavy atom. The predicted octanol–water partition coefficient (Wildman–Crippen LogP) is 2.61. The van der Waals surface area contributed by atoms with Gasteiger partial charge < -0.3 is 15.0 Å². The molecule has 1 N–H and O–H groups in total. The zero-order chi connectivity index (χ0) is 14.8. The first-order chi connectivity index (χ1) is 10.2. The molecule has 128 valence electrons. The first-order valence-electron chi connectivity index (χ1n) is 8.69. The number of hydrogen-bond donors (Lipinski definition) is 1. The Morgan fingerprint density at radius 1 is 1.09 bits per heavy atom. The molecule has 2 saturated heterocycles. The van der Waals surface area contributed by atoms with Crippen LogP contribution in [0.5, 0.6) is 0 Å². The predicted molar refractivity (Wildman–Crippen MR) is 90.4 cm³/mol. The lowest BCUT2D eigenvalue weighted by Gasteiger charge is -2.39. The number of rotatable bonds is 3. The summed E-state index contributed by atoms with van der Waals surface area (Å²) < 4.78 is 5.43. The van der Waals surface area contributed by atoms with E-state index >= 15 is 0 Å². The molecule has 3 rings (SSSR count). The first-order valence-corrected chi connectivity index (χ1v) is 8.69. The first kappa shape index (κ1) is 18.0. The van der Waals surface area contributed by atoms with Crippen molar-refractivity contribution in [2.75, 3.05) is 39.9 Å². The summed E-state index contributed by atoms with van der Waals surface area (Å²) in [5, 5.41) is 3.37. The number of amides is 1. The fourth-order valence-electron chi connectivity index (χ4n) is 4.76. The second-order valence-electron chi connectivity index (χ2n) is 7.50. The van der Waals surface area contributed by atoms with Crippen molar-refractivity contribution in [1.82, 2.24) is 10.2 Å². The Hall–Kier alpha value is -0.320. The number of ether oxygens (including phenoxy) is 1. The summed E-state index contributed by atoms with van der Waals surface area (Å²) in [4.78, 5) is 15.3. The minimum Gasteiger partial charge on any atom is -0.384 e. The highest BCUT2D eigenvalue weighted by Crippen LogP contribution is 2.45. The molecule has 0 bridgehead atoms. The minimum atomic E-state index is -0.264. The van der Waals surface area contributed by atoms with E-state index in [1.807, 2.05) is 0 Å². The molecule has 0 radical (unpaired) electrons. The summed E-state index contributed by atoms with van der Waals surface area (Å²) in [5.41, 5.74) is 0.190. The standard InChI is InChI=1S/C17H30N2O2.ClH/c1-21-14-17(7-10-18-11-8-17)15(20)19-12-9-16(13-19)5-3-2-4-6-16;/h18H,2-14H2,1H3;1H. The van der Waals surface area contributed by atoms with Crippen LogP contribution in [0.4, 0.5) is 0 Å². The average Bonchev–Trinajstić information content (AvgIpc) is 2.92. The normalized spacial score (nSPS) is 26.7. The van der Waals surface area contributed by atoms with Gasteiger partial charge in [0.2, 0.25) is 5.91 Å². The molecule has 1 aliphatic carbocycles. The molecule has 0 atom stereocenters. The Labute approximate surface area is 140 Å². The van der Waals surface area contributed by atoms with E-state index in [4.69, 9.17) is 4.74 Å². The van der Waals surface area contributed by atoms with Gasteiger partial charge in [0.25, 0.3) is 0 Å². The molecular formula is C17H31ClN2O2. The van der Waals surface area contributed by atoms with Gasteiger partial charge in [-0.15, -0.1) is 12.4 Å². The number of piperidine rings is 1. The molecule has 4 nitrogen and oxygen atoms in total. The van der Waals surface area contributed by atoms with Gasteiger partial charge in [0.15, 0.2) is 0 Å². The average molecular weight is 331 g/mol. The molecule has 0 unspecified atom stereocenters. The monoisotopic (exact) mass is 330 g/mol. The van der Waals surface area contributed by atoms with Gasteiger partial charge >= 0.3 is 0 Å². The van der Waals surface area contributed by atoms with Crippen LogP contribution < -0.4 is 5.32 Å². The van der Waals surface area contributed by atoms with Gasteiger partial charge in [0.1, 0.15) is 0 Å². The Morgan fingerprint density at radius 2 is 1.77 bits per heavy atom. The van der Waals surface area contributed by atoms with Crippen molar-refractivity contribution in [3.05, 3.63) is 0 Å². The number of likely N-dealkylation sites (tertiary alicyclic amines) is 1. The Kier molecular flexibility index (Phi) is 6.14. The Balaban J connectivity index is 0.00000176. The summed E-state index contributed by atoms with van der Waals surface area (Å²) in [6.45, 7) is 4.43. The van der Waals surface area contributed by atoms with Gasteiger partial charge in [-0.05, 0) is 50.6 Å². The molecule has 2 aliphatic heterocycles. The Bertz CT molecular complexity index is 371. The van der Waals surface area contributed by atoms with Gasteiger partial charge in [-0.25, -0.2) is 0 Å². The number of carbonyl (C=O) groups is 1. The lowest BCUT2D eigenvalue weighted by Crippen LogP contribution is -2.51. The van der Waals surface area contributed by atoms with Crippen molar-refractivity contribution in [2.24, 2.45) is 10.8 Å². The number of halogens is 1. The molecular weight excluding hydrogens is 300 g/mol. The van der Waals surface area contributed by atoms with Crippen LogP contribution in [-0.2, 0) is 9.53 Å². The van der Waals surface area contributed by atoms with Crippen LogP contribution in [0.25, 0.3) is 0 Å². The molecule has 2 heterocycles. The van der Waals surface area contributed by atoms with Crippen molar-refractivity contribution in [3.8, 4) is 0 Å². The van der Waals surface area contributed by atoms with Gasteiger partial charge in [-0.2, -0.15) is 0 Å². The van der Waals surface area contributed by atoms with Crippen LogP contribution in [0.15, 0.2) is 0 Å². The molecule has 1 saturated carbocycles. The van der Waals surface area contributed by atoms with E-state index in [1.54, 1.807) is 7.11 Å². The van der Waals surface area contributed by atoms with Gasteiger partial charge in [0.05, 0.1) is 12.0 Å². The third kappa shape index (κ3) is 3.44. The van der Waals surface area contributed by atoms with Crippen LogP contribution in [0.2, 0.25) is 0 Å². The van der Waals surface area contributed by atoms with Crippen LogP contribution in [-0.4, -0.2) is 50.7 Å². The van der Waals surface area contributed by atoms with Gasteiger partial charge in [-0.3, -0.25) is 4.79 Å². The summed E-state index contributed by atoms with van der Waals surface area (Å²) in [5.74, 6) is 0.369. The van der Waals surface area contributed by atoms with E-state index in [-0.39, 0.29) is 17.8 Å². The quantitative estimate of drug-likeness (QED) is 0.865. The summed E-state index contributed by atoms with van der Waals surface area (Å²) >= 11 is 0. The zero-order valence-electron chi connectivity index (χ0n) is 13.9. The third-order valence-electron chi connectivity index (χ3n) is 6.07. The summed E-state index contributed by atoms with van der Waals surface area (Å²) in [6.07, 6.45) is 9.82. The maximum Gasteiger partial charge on any atom is 0.231 e.